The molecule has 1 aliphatic carbocycles. The van der Waals surface area contributed by atoms with Crippen LogP contribution >= 0.6 is 11.8 Å². The van der Waals surface area contributed by atoms with Crippen molar-refractivity contribution in [2.75, 3.05) is 12.9 Å². The lowest BCUT2D eigenvalue weighted by atomic mass is 9.95. The normalized spacial score (nSPS) is 22.6. The number of carbonyl (C=O) groups excluding carboxylic acids is 1. The van der Waals surface area contributed by atoms with E-state index >= 15 is 0 Å². The van der Waals surface area contributed by atoms with Crippen LogP contribution in [0.4, 0.5) is 0 Å². The molecule has 1 aliphatic rings. The standard InChI is InChI=1S/C17H25NO2S/c1-21-12-13-7-9-14(10-8-13)17(20)18-16-6-4-2-3-5-15(16)11-19/h7-10,15-16,19H,2-6,11-12H2,1H3,(H,18,20). The number of benzene rings is 1. The lowest BCUT2D eigenvalue weighted by molar-refractivity contribution is 0.0899. The fourth-order valence-corrected chi connectivity index (χ4v) is 3.49. The monoisotopic (exact) mass is 307 g/mol. The molecule has 21 heavy (non-hydrogen) atoms. The molecule has 4 heteroatoms. The zero-order valence-electron chi connectivity index (χ0n) is 12.7. The van der Waals surface area contributed by atoms with E-state index in [2.05, 4.69) is 11.6 Å². The third-order valence-corrected chi connectivity index (χ3v) is 4.86. The van der Waals surface area contributed by atoms with Crippen molar-refractivity contribution in [2.45, 2.75) is 43.9 Å². The molecule has 0 spiro atoms. The van der Waals surface area contributed by atoms with Crippen molar-refractivity contribution in [2.24, 2.45) is 5.92 Å². The lowest BCUT2D eigenvalue weighted by Gasteiger charge is -2.24. The highest BCUT2D eigenvalue weighted by Gasteiger charge is 2.24. The van der Waals surface area contributed by atoms with Gasteiger partial charge in [-0.1, -0.05) is 31.4 Å². The summed E-state index contributed by atoms with van der Waals surface area (Å²) in [5, 5.41) is 12.6. The molecule has 1 fully saturated rings. The first-order chi connectivity index (χ1) is 10.2. The SMILES string of the molecule is CSCc1ccc(C(=O)NC2CCCCCC2CO)cc1. The molecule has 2 unspecified atom stereocenters. The lowest BCUT2D eigenvalue weighted by Crippen LogP contribution is -2.41. The van der Waals surface area contributed by atoms with Gasteiger partial charge in [0.15, 0.2) is 0 Å². The van der Waals surface area contributed by atoms with Crippen LogP contribution < -0.4 is 5.32 Å². The van der Waals surface area contributed by atoms with Gasteiger partial charge in [0.05, 0.1) is 0 Å². The fourth-order valence-electron chi connectivity index (χ4n) is 2.96. The van der Waals surface area contributed by atoms with Crippen LogP contribution in [0, 0.1) is 5.92 Å². The van der Waals surface area contributed by atoms with Crippen LogP contribution in [0.2, 0.25) is 0 Å². The first-order valence-electron chi connectivity index (χ1n) is 7.74. The molecule has 1 saturated carbocycles. The van der Waals surface area contributed by atoms with Gasteiger partial charge in [0.2, 0.25) is 0 Å². The Morgan fingerprint density at radius 2 is 1.95 bits per heavy atom. The zero-order valence-corrected chi connectivity index (χ0v) is 13.5. The van der Waals surface area contributed by atoms with Gasteiger partial charge in [-0.3, -0.25) is 4.79 Å². The summed E-state index contributed by atoms with van der Waals surface area (Å²) in [5.74, 6) is 1.15. The van der Waals surface area contributed by atoms with E-state index in [9.17, 15) is 9.90 Å². The summed E-state index contributed by atoms with van der Waals surface area (Å²) >= 11 is 1.77. The Kier molecular flexibility index (Phi) is 6.58. The van der Waals surface area contributed by atoms with Gasteiger partial charge in [-0.15, -0.1) is 0 Å². The van der Waals surface area contributed by atoms with E-state index in [4.69, 9.17) is 0 Å². The molecule has 2 rings (SSSR count). The maximum Gasteiger partial charge on any atom is 0.251 e. The summed E-state index contributed by atoms with van der Waals surface area (Å²) in [6.45, 7) is 0.164. The molecule has 0 aromatic heterocycles. The summed E-state index contributed by atoms with van der Waals surface area (Å²) in [4.78, 5) is 12.4. The second-order valence-corrected chi connectivity index (χ2v) is 6.66. The molecule has 1 amide bonds. The predicted octanol–water partition coefficient (Wildman–Crippen LogP) is 3.22. The molecule has 0 heterocycles. The molecule has 0 radical (unpaired) electrons. The van der Waals surface area contributed by atoms with Gasteiger partial charge in [0.25, 0.3) is 5.91 Å². The van der Waals surface area contributed by atoms with Gasteiger partial charge in [0.1, 0.15) is 0 Å². The van der Waals surface area contributed by atoms with Crippen LogP contribution in [0.1, 0.15) is 48.0 Å². The van der Waals surface area contributed by atoms with Crippen LogP contribution in [0.25, 0.3) is 0 Å². The molecular formula is C17H25NO2S. The second-order valence-electron chi connectivity index (χ2n) is 5.79. The third-order valence-electron chi connectivity index (χ3n) is 4.24. The maximum atomic E-state index is 12.4. The van der Waals surface area contributed by atoms with Crippen molar-refractivity contribution in [1.82, 2.24) is 5.32 Å². The number of hydrogen-bond donors (Lipinski definition) is 2. The van der Waals surface area contributed by atoms with Gasteiger partial charge in [-0.25, -0.2) is 0 Å². The van der Waals surface area contributed by atoms with Crippen molar-refractivity contribution in [3.05, 3.63) is 35.4 Å². The molecule has 0 saturated heterocycles. The maximum absolute atomic E-state index is 12.4. The molecule has 0 bridgehead atoms. The number of amides is 1. The Labute approximate surface area is 131 Å². The van der Waals surface area contributed by atoms with Crippen molar-refractivity contribution in [1.29, 1.82) is 0 Å². The molecule has 2 atom stereocenters. The number of carbonyl (C=O) groups is 1. The summed E-state index contributed by atoms with van der Waals surface area (Å²) < 4.78 is 0. The molecule has 1 aromatic rings. The minimum atomic E-state index is -0.0175. The van der Waals surface area contributed by atoms with E-state index in [-0.39, 0.29) is 24.5 Å². The largest absolute Gasteiger partial charge is 0.396 e. The average molecular weight is 307 g/mol. The van der Waals surface area contributed by atoms with E-state index in [1.807, 2.05) is 24.3 Å². The summed E-state index contributed by atoms with van der Waals surface area (Å²) in [6, 6.07) is 7.93. The molecule has 2 N–H and O–H groups in total. The van der Waals surface area contributed by atoms with Crippen LogP contribution in [0.15, 0.2) is 24.3 Å². The summed E-state index contributed by atoms with van der Waals surface area (Å²) in [5.41, 5.74) is 1.95. The van der Waals surface area contributed by atoms with Crippen LogP contribution in [-0.2, 0) is 5.75 Å². The number of aliphatic hydroxyl groups is 1. The topological polar surface area (TPSA) is 49.3 Å². The van der Waals surface area contributed by atoms with Gasteiger partial charge in [-0.2, -0.15) is 11.8 Å². The van der Waals surface area contributed by atoms with Gasteiger partial charge in [0, 0.05) is 29.9 Å². The zero-order chi connectivity index (χ0) is 15.1. The first-order valence-corrected chi connectivity index (χ1v) is 9.13. The van der Waals surface area contributed by atoms with Crippen molar-refractivity contribution < 1.29 is 9.90 Å². The van der Waals surface area contributed by atoms with E-state index in [0.717, 1.165) is 31.4 Å². The Hall–Kier alpha value is -1.00. The third kappa shape index (κ3) is 4.75. The summed E-state index contributed by atoms with van der Waals surface area (Å²) in [7, 11) is 0. The van der Waals surface area contributed by atoms with E-state index in [1.54, 1.807) is 11.8 Å². The highest BCUT2D eigenvalue weighted by atomic mass is 32.2. The van der Waals surface area contributed by atoms with Crippen molar-refractivity contribution >= 4 is 17.7 Å². The van der Waals surface area contributed by atoms with Gasteiger partial charge >= 0.3 is 0 Å². The fraction of sp³-hybridized carbons (Fsp3) is 0.588. The van der Waals surface area contributed by atoms with E-state index in [1.165, 1.54) is 12.0 Å². The minimum Gasteiger partial charge on any atom is -0.396 e. The number of hydrogen-bond acceptors (Lipinski definition) is 3. The van der Waals surface area contributed by atoms with Crippen molar-refractivity contribution in [3.8, 4) is 0 Å². The first kappa shape index (κ1) is 16.4. The molecule has 0 aliphatic heterocycles. The smallest absolute Gasteiger partial charge is 0.251 e. The van der Waals surface area contributed by atoms with Gasteiger partial charge in [-0.05, 0) is 36.8 Å². The van der Waals surface area contributed by atoms with E-state index in [0.29, 0.717) is 5.56 Å². The number of rotatable bonds is 5. The number of aliphatic hydroxyl groups excluding tert-OH is 1. The summed E-state index contributed by atoms with van der Waals surface area (Å²) in [6.07, 6.45) is 7.54. The van der Waals surface area contributed by atoms with Crippen molar-refractivity contribution in [3.63, 3.8) is 0 Å². The average Bonchev–Trinajstić information content (AvgIpc) is 2.73. The van der Waals surface area contributed by atoms with Crippen LogP contribution in [0.3, 0.4) is 0 Å². The highest BCUT2D eigenvalue weighted by molar-refractivity contribution is 7.97. The highest BCUT2D eigenvalue weighted by Crippen LogP contribution is 2.23. The Bertz CT molecular complexity index is 447. The second kappa shape index (κ2) is 8.44. The molecule has 1 aromatic carbocycles. The van der Waals surface area contributed by atoms with Gasteiger partial charge < -0.3 is 10.4 Å². The van der Waals surface area contributed by atoms with Crippen LogP contribution in [0.5, 0.6) is 0 Å². The number of thioether (sulfide) groups is 1. The van der Waals surface area contributed by atoms with E-state index < -0.39 is 0 Å². The predicted molar refractivity (Wildman–Crippen MR) is 88.6 cm³/mol. The minimum absolute atomic E-state index is 0.0175. The number of nitrogens with one attached hydrogen (secondary N) is 1. The Morgan fingerprint density at radius 3 is 2.62 bits per heavy atom. The molecule has 3 nitrogen and oxygen atoms in total. The van der Waals surface area contributed by atoms with Crippen LogP contribution in [-0.4, -0.2) is 29.9 Å². The molecular weight excluding hydrogens is 282 g/mol. The Balaban J connectivity index is 1.98. The quantitative estimate of drug-likeness (QED) is 0.821. The Morgan fingerprint density at radius 1 is 1.24 bits per heavy atom. The molecule has 116 valence electrons.